The van der Waals surface area contributed by atoms with Crippen molar-refractivity contribution in [2.24, 2.45) is 11.8 Å². The monoisotopic (exact) mass is 225 g/mol. The molecule has 0 aromatic carbocycles. The molecule has 0 atom stereocenters. The number of aromatic nitrogens is 1. The quantitative estimate of drug-likeness (QED) is 0.858. The van der Waals surface area contributed by atoms with Gasteiger partial charge in [-0.25, -0.2) is 4.98 Å². The van der Waals surface area contributed by atoms with E-state index < -0.39 is 5.60 Å². The minimum Gasteiger partial charge on any atom is -0.389 e. The SMILES string of the molecule is Cc1nc(CC2(O)CC(C(C)C)C2)cs1. The highest BCUT2D eigenvalue weighted by molar-refractivity contribution is 7.09. The molecular formula is C12H19NOS. The summed E-state index contributed by atoms with van der Waals surface area (Å²) in [5.41, 5.74) is 0.595. The highest BCUT2D eigenvalue weighted by atomic mass is 32.1. The van der Waals surface area contributed by atoms with Crippen molar-refractivity contribution in [1.29, 1.82) is 0 Å². The van der Waals surface area contributed by atoms with Crippen LogP contribution in [0.2, 0.25) is 0 Å². The number of hydrogen-bond donors (Lipinski definition) is 1. The van der Waals surface area contributed by atoms with Gasteiger partial charge in [-0.05, 0) is 31.6 Å². The minimum atomic E-state index is -0.463. The predicted molar refractivity (Wildman–Crippen MR) is 63.1 cm³/mol. The lowest BCUT2D eigenvalue weighted by molar-refractivity contribution is -0.0865. The molecule has 0 saturated heterocycles. The zero-order valence-electron chi connectivity index (χ0n) is 9.66. The maximum absolute atomic E-state index is 10.3. The van der Waals surface area contributed by atoms with Crippen LogP contribution in [0.5, 0.6) is 0 Å². The maximum Gasteiger partial charge on any atom is 0.0897 e. The third kappa shape index (κ3) is 2.40. The number of rotatable bonds is 3. The molecule has 84 valence electrons. The third-order valence-corrected chi connectivity index (χ3v) is 4.23. The fourth-order valence-electron chi connectivity index (χ4n) is 2.36. The Morgan fingerprint density at radius 3 is 2.73 bits per heavy atom. The van der Waals surface area contributed by atoms with Gasteiger partial charge in [0, 0.05) is 11.8 Å². The summed E-state index contributed by atoms with van der Waals surface area (Å²) in [5.74, 6) is 1.40. The van der Waals surface area contributed by atoms with Crippen molar-refractivity contribution < 1.29 is 5.11 Å². The molecule has 0 radical (unpaired) electrons. The average molecular weight is 225 g/mol. The number of aryl methyl sites for hydroxylation is 1. The number of nitrogens with zero attached hydrogens (tertiary/aromatic N) is 1. The second-order valence-corrected chi connectivity index (χ2v) is 6.23. The summed E-state index contributed by atoms with van der Waals surface area (Å²) >= 11 is 1.66. The van der Waals surface area contributed by atoms with Crippen LogP contribution in [0.25, 0.3) is 0 Å². The van der Waals surface area contributed by atoms with Gasteiger partial charge in [-0.3, -0.25) is 0 Å². The van der Waals surface area contributed by atoms with E-state index in [1.807, 2.05) is 6.92 Å². The molecule has 1 aliphatic rings. The fraction of sp³-hybridized carbons (Fsp3) is 0.750. The Bertz CT molecular complexity index is 339. The Kier molecular flexibility index (Phi) is 2.86. The minimum absolute atomic E-state index is 0.463. The predicted octanol–water partition coefficient (Wildman–Crippen LogP) is 2.79. The molecule has 1 saturated carbocycles. The Morgan fingerprint density at radius 1 is 1.60 bits per heavy atom. The lowest BCUT2D eigenvalue weighted by Gasteiger charge is -2.45. The molecular weight excluding hydrogens is 206 g/mol. The van der Waals surface area contributed by atoms with Crippen LogP contribution >= 0.6 is 11.3 Å². The van der Waals surface area contributed by atoms with E-state index in [1.54, 1.807) is 11.3 Å². The van der Waals surface area contributed by atoms with Crippen LogP contribution in [-0.4, -0.2) is 15.7 Å². The summed E-state index contributed by atoms with van der Waals surface area (Å²) in [7, 11) is 0. The summed E-state index contributed by atoms with van der Waals surface area (Å²) in [6, 6.07) is 0. The van der Waals surface area contributed by atoms with Crippen molar-refractivity contribution in [1.82, 2.24) is 4.98 Å². The first kappa shape index (κ1) is 11.1. The zero-order chi connectivity index (χ0) is 11.1. The van der Waals surface area contributed by atoms with Crippen molar-refractivity contribution in [2.45, 2.75) is 45.6 Å². The van der Waals surface area contributed by atoms with Gasteiger partial charge >= 0.3 is 0 Å². The molecule has 0 spiro atoms. The van der Waals surface area contributed by atoms with E-state index in [0.717, 1.165) is 30.0 Å². The lowest BCUT2D eigenvalue weighted by Crippen LogP contribution is -2.47. The van der Waals surface area contributed by atoms with Crippen molar-refractivity contribution in [3.63, 3.8) is 0 Å². The highest BCUT2D eigenvalue weighted by Gasteiger charge is 2.43. The second-order valence-electron chi connectivity index (χ2n) is 5.17. The van der Waals surface area contributed by atoms with Gasteiger partial charge in [-0.1, -0.05) is 13.8 Å². The van der Waals surface area contributed by atoms with Crippen LogP contribution in [0.3, 0.4) is 0 Å². The van der Waals surface area contributed by atoms with Crippen LogP contribution in [0, 0.1) is 18.8 Å². The number of aliphatic hydroxyl groups is 1. The first-order valence-corrected chi connectivity index (χ1v) is 6.50. The number of thiazole rings is 1. The maximum atomic E-state index is 10.3. The Labute approximate surface area is 95.4 Å². The topological polar surface area (TPSA) is 33.1 Å². The summed E-state index contributed by atoms with van der Waals surface area (Å²) in [6.07, 6.45) is 2.63. The Balaban J connectivity index is 1.91. The van der Waals surface area contributed by atoms with Crippen molar-refractivity contribution >= 4 is 11.3 Å². The van der Waals surface area contributed by atoms with Gasteiger partial charge in [0.1, 0.15) is 0 Å². The standard InChI is InChI=1S/C12H19NOS/c1-8(2)10-4-12(14,5-10)6-11-7-15-9(3)13-11/h7-8,10,14H,4-6H2,1-3H3. The van der Waals surface area contributed by atoms with E-state index in [9.17, 15) is 5.11 Å². The molecule has 1 fully saturated rings. The smallest absolute Gasteiger partial charge is 0.0897 e. The molecule has 1 aromatic heterocycles. The normalized spacial score (nSPS) is 30.6. The molecule has 1 N–H and O–H groups in total. The first-order valence-electron chi connectivity index (χ1n) is 5.62. The van der Waals surface area contributed by atoms with Gasteiger partial charge in [0.05, 0.1) is 16.3 Å². The van der Waals surface area contributed by atoms with E-state index in [2.05, 4.69) is 24.2 Å². The second kappa shape index (κ2) is 3.87. The molecule has 3 heteroatoms. The molecule has 2 rings (SSSR count). The summed E-state index contributed by atoms with van der Waals surface area (Å²) in [5, 5.41) is 13.4. The number of hydrogen-bond acceptors (Lipinski definition) is 3. The molecule has 1 heterocycles. The Morgan fingerprint density at radius 2 is 2.27 bits per heavy atom. The third-order valence-electron chi connectivity index (χ3n) is 3.40. The van der Waals surface area contributed by atoms with E-state index in [1.165, 1.54) is 0 Å². The van der Waals surface area contributed by atoms with Gasteiger partial charge in [-0.2, -0.15) is 0 Å². The van der Waals surface area contributed by atoms with Crippen LogP contribution in [0.15, 0.2) is 5.38 Å². The van der Waals surface area contributed by atoms with Crippen molar-refractivity contribution in [3.05, 3.63) is 16.1 Å². The molecule has 0 bridgehead atoms. The average Bonchev–Trinajstić information content (AvgIpc) is 2.46. The molecule has 15 heavy (non-hydrogen) atoms. The van der Waals surface area contributed by atoms with Gasteiger partial charge in [0.25, 0.3) is 0 Å². The summed E-state index contributed by atoms with van der Waals surface area (Å²) < 4.78 is 0. The van der Waals surface area contributed by atoms with Crippen LogP contribution in [0.1, 0.15) is 37.4 Å². The van der Waals surface area contributed by atoms with Gasteiger partial charge in [0.2, 0.25) is 0 Å². The van der Waals surface area contributed by atoms with Crippen molar-refractivity contribution in [3.8, 4) is 0 Å². The molecule has 0 aliphatic heterocycles. The van der Waals surface area contributed by atoms with E-state index in [-0.39, 0.29) is 0 Å². The first-order chi connectivity index (χ1) is 6.98. The van der Waals surface area contributed by atoms with Crippen LogP contribution < -0.4 is 0 Å². The van der Waals surface area contributed by atoms with Crippen molar-refractivity contribution in [2.75, 3.05) is 0 Å². The van der Waals surface area contributed by atoms with E-state index in [0.29, 0.717) is 11.8 Å². The zero-order valence-corrected chi connectivity index (χ0v) is 10.5. The molecule has 1 aliphatic carbocycles. The van der Waals surface area contributed by atoms with Crippen LogP contribution in [-0.2, 0) is 6.42 Å². The van der Waals surface area contributed by atoms with E-state index >= 15 is 0 Å². The molecule has 0 unspecified atom stereocenters. The van der Waals surface area contributed by atoms with Gasteiger partial charge in [-0.15, -0.1) is 11.3 Å². The highest BCUT2D eigenvalue weighted by Crippen LogP contribution is 2.43. The Hall–Kier alpha value is -0.410. The molecule has 2 nitrogen and oxygen atoms in total. The van der Waals surface area contributed by atoms with Gasteiger partial charge in [0.15, 0.2) is 0 Å². The molecule has 1 aromatic rings. The largest absolute Gasteiger partial charge is 0.389 e. The van der Waals surface area contributed by atoms with E-state index in [4.69, 9.17) is 0 Å². The molecule has 0 amide bonds. The fourth-order valence-corrected chi connectivity index (χ4v) is 2.97. The van der Waals surface area contributed by atoms with Gasteiger partial charge < -0.3 is 5.11 Å². The lowest BCUT2D eigenvalue weighted by atomic mass is 9.64. The summed E-state index contributed by atoms with van der Waals surface area (Å²) in [4.78, 5) is 4.41. The summed E-state index contributed by atoms with van der Waals surface area (Å²) in [6.45, 7) is 6.48. The van der Waals surface area contributed by atoms with Crippen LogP contribution in [0.4, 0.5) is 0 Å².